The van der Waals surface area contributed by atoms with Crippen molar-refractivity contribution in [3.63, 3.8) is 0 Å². The molecule has 0 fully saturated rings. The van der Waals surface area contributed by atoms with E-state index in [-0.39, 0.29) is 0 Å². The largest absolute Gasteiger partial charge is 0.443 e. The summed E-state index contributed by atoms with van der Waals surface area (Å²) in [6.07, 6.45) is 0.152. The zero-order valence-electron chi connectivity index (χ0n) is 17.3. The summed E-state index contributed by atoms with van der Waals surface area (Å²) in [7, 11) is 0. The molecule has 1 aromatic carbocycles. The van der Waals surface area contributed by atoms with Gasteiger partial charge in [0.1, 0.15) is 11.2 Å². The smallest absolute Gasteiger partial charge is 0.426 e. The van der Waals surface area contributed by atoms with Gasteiger partial charge < -0.3 is 9.47 Å². The number of carbonyl (C=O) groups is 3. The van der Waals surface area contributed by atoms with Crippen LogP contribution in [0.1, 0.15) is 63.9 Å². The molecular formula is C20H29N3O5. The van der Waals surface area contributed by atoms with Crippen molar-refractivity contribution in [2.24, 2.45) is 0 Å². The molecule has 154 valence electrons. The second kappa shape index (κ2) is 8.08. The molecule has 0 aliphatic carbocycles. The molecule has 0 saturated heterocycles. The van der Waals surface area contributed by atoms with Crippen LogP contribution in [0.25, 0.3) is 0 Å². The van der Waals surface area contributed by atoms with Crippen molar-refractivity contribution < 1.29 is 23.9 Å². The molecule has 8 heteroatoms. The van der Waals surface area contributed by atoms with Crippen LogP contribution in [0, 0.1) is 0 Å². The number of hydrogen-bond acceptors (Lipinski definition) is 5. The number of carbonyl (C=O) groups excluding carboxylic acids is 3. The number of amides is 3. The summed E-state index contributed by atoms with van der Waals surface area (Å²) in [4.78, 5) is 38.4. The minimum atomic E-state index is -0.749. The van der Waals surface area contributed by atoms with Crippen LogP contribution >= 0.6 is 0 Å². The van der Waals surface area contributed by atoms with Crippen molar-refractivity contribution in [3.05, 3.63) is 29.3 Å². The highest BCUT2D eigenvalue weighted by Gasteiger charge is 2.29. The zero-order chi connectivity index (χ0) is 21.1. The van der Waals surface area contributed by atoms with Crippen molar-refractivity contribution in [2.45, 2.75) is 65.6 Å². The number of fused-ring (bicyclic) bond motifs is 1. The number of hydrazine groups is 1. The van der Waals surface area contributed by atoms with Gasteiger partial charge >= 0.3 is 12.2 Å². The molecule has 0 atom stereocenters. The van der Waals surface area contributed by atoms with E-state index in [4.69, 9.17) is 9.47 Å². The molecule has 0 aromatic heterocycles. The Morgan fingerprint density at radius 1 is 0.964 bits per heavy atom. The van der Waals surface area contributed by atoms with Crippen LogP contribution in [0.15, 0.2) is 18.2 Å². The summed E-state index contributed by atoms with van der Waals surface area (Å²) >= 11 is 0. The standard InChI is InChI=1S/C20H29N3O5/c1-19(2,3)27-17(25)22-21-16(24)14-9-7-11-15-13(14)10-8-12-23(15)18(26)28-20(4,5)6/h7,9,11H,8,10,12H2,1-6H3,(H,21,24)(H,22,25). The molecule has 1 aromatic rings. The monoisotopic (exact) mass is 391 g/mol. The van der Waals surface area contributed by atoms with Crippen molar-refractivity contribution in [2.75, 3.05) is 11.4 Å². The van der Waals surface area contributed by atoms with Crippen LogP contribution in [-0.4, -0.2) is 35.8 Å². The number of anilines is 1. The van der Waals surface area contributed by atoms with Crippen LogP contribution in [-0.2, 0) is 15.9 Å². The van der Waals surface area contributed by atoms with Crippen LogP contribution in [0.2, 0.25) is 0 Å². The molecule has 0 unspecified atom stereocenters. The van der Waals surface area contributed by atoms with E-state index in [1.807, 2.05) is 20.8 Å². The number of nitrogens with zero attached hydrogens (tertiary/aromatic N) is 1. The maximum atomic E-state index is 12.6. The van der Waals surface area contributed by atoms with Gasteiger partial charge in [-0.2, -0.15) is 0 Å². The second-order valence-corrected chi connectivity index (χ2v) is 8.62. The lowest BCUT2D eigenvalue weighted by Gasteiger charge is -2.32. The minimum absolute atomic E-state index is 0.391. The van der Waals surface area contributed by atoms with Gasteiger partial charge in [-0.3, -0.25) is 15.1 Å². The summed E-state index contributed by atoms with van der Waals surface area (Å²) in [5, 5.41) is 0. The van der Waals surface area contributed by atoms with Crippen LogP contribution < -0.4 is 15.8 Å². The maximum absolute atomic E-state index is 12.6. The maximum Gasteiger partial charge on any atom is 0.426 e. The van der Waals surface area contributed by atoms with Crippen LogP contribution in [0.4, 0.5) is 15.3 Å². The molecule has 2 rings (SSSR count). The Bertz CT molecular complexity index is 762. The fourth-order valence-electron chi connectivity index (χ4n) is 2.82. The first-order valence-corrected chi connectivity index (χ1v) is 9.29. The third-order valence-electron chi connectivity index (χ3n) is 3.79. The Morgan fingerprint density at radius 2 is 1.61 bits per heavy atom. The predicted octanol–water partition coefficient (Wildman–Crippen LogP) is 3.54. The highest BCUT2D eigenvalue weighted by atomic mass is 16.6. The highest BCUT2D eigenvalue weighted by molar-refractivity contribution is 6.00. The average Bonchev–Trinajstić information content (AvgIpc) is 2.55. The van der Waals surface area contributed by atoms with E-state index in [0.29, 0.717) is 30.6 Å². The van der Waals surface area contributed by atoms with Crippen molar-refractivity contribution in [3.8, 4) is 0 Å². The quantitative estimate of drug-likeness (QED) is 0.714. The molecule has 8 nitrogen and oxygen atoms in total. The number of nitrogens with one attached hydrogen (secondary N) is 2. The van der Waals surface area contributed by atoms with Crippen molar-refractivity contribution in [1.29, 1.82) is 0 Å². The number of benzene rings is 1. The van der Waals surface area contributed by atoms with E-state index in [2.05, 4.69) is 10.9 Å². The van der Waals surface area contributed by atoms with Gasteiger partial charge in [0.05, 0.1) is 5.69 Å². The lowest BCUT2D eigenvalue weighted by atomic mass is 9.96. The third kappa shape index (κ3) is 5.87. The van der Waals surface area contributed by atoms with Crippen LogP contribution in [0.3, 0.4) is 0 Å². The lowest BCUT2D eigenvalue weighted by molar-refractivity contribution is 0.0483. The Labute approximate surface area is 165 Å². The molecule has 0 saturated carbocycles. The summed E-state index contributed by atoms with van der Waals surface area (Å²) in [5.74, 6) is -0.478. The van der Waals surface area contributed by atoms with Crippen LogP contribution in [0.5, 0.6) is 0 Å². The first-order valence-electron chi connectivity index (χ1n) is 9.29. The van der Waals surface area contributed by atoms with Gasteiger partial charge in [0.25, 0.3) is 5.91 Å². The molecule has 0 radical (unpaired) electrons. The van der Waals surface area contributed by atoms with Gasteiger partial charge in [-0.15, -0.1) is 0 Å². The van der Waals surface area contributed by atoms with E-state index < -0.39 is 29.3 Å². The van der Waals surface area contributed by atoms with E-state index in [1.54, 1.807) is 43.9 Å². The summed E-state index contributed by atoms with van der Waals surface area (Å²) in [5.41, 5.74) is 5.09. The fraction of sp³-hybridized carbons (Fsp3) is 0.550. The van der Waals surface area contributed by atoms with Gasteiger partial charge in [-0.05, 0) is 72.1 Å². The normalized spacial score (nSPS) is 14.0. The van der Waals surface area contributed by atoms with Gasteiger partial charge in [-0.1, -0.05) is 6.07 Å². The van der Waals surface area contributed by atoms with E-state index in [9.17, 15) is 14.4 Å². The topological polar surface area (TPSA) is 97.0 Å². The first-order chi connectivity index (χ1) is 12.9. The Morgan fingerprint density at radius 3 is 2.21 bits per heavy atom. The molecule has 2 N–H and O–H groups in total. The molecule has 3 amide bonds. The second-order valence-electron chi connectivity index (χ2n) is 8.62. The van der Waals surface area contributed by atoms with E-state index in [1.165, 1.54) is 0 Å². The Hall–Kier alpha value is -2.77. The first kappa shape index (κ1) is 21.5. The molecule has 1 aliphatic rings. The molecule has 1 heterocycles. The minimum Gasteiger partial charge on any atom is -0.443 e. The fourth-order valence-corrected chi connectivity index (χ4v) is 2.82. The average molecular weight is 391 g/mol. The molecular weight excluding hydrogens is 362 g/mol. The molecule has 1 aliphatic heterocycles. The van der Waals surface area contributed by atoms with Gasteiger partial charge in [0.2, 0.25) is 0 Å². The third-order valence-corrected chi connectivity index (χ3v) is 3.79. The van der Waals surface area contributed by atoms with Gasteiger partial charge in [0, 0.05) is 12.1 Å². The Kier molecular flexibility index (Phi) is 6.21. The Balaban J connectivity index is 2.16. The summed E-state index contributed by atoms with van der Waals surface area (Å²) in [6, 6.07) is 5.14. The lowest BCUT2D eigenvalue weighted by Crippen LogP contribution is -2.45. The zero-order valence-corrected chi connectivity index (χ0v) is 17.3. The van der Waals surface area contributed by atoms with Crippen molar-refractivity contribution in [1.82, 2.24) is 10.9 Å². The predicted molar refractivity (Wildman–Crippen MR) is 105 cm³/mol. The molecule has 0 bridgehead atoms. The number of ether oxygens (including phenoxy) is 2. The number of rotatable bonds is 1. The van der Waals surface area contributed by atoms with E-state index >= 15 is 0 Å². The highest BCUT2D eigenvalue weighted by Crippen LogP contribution is 2.31. The SMILES string of the molecule is CC(C)(C)OC(=O)NNC(=O)c1cccc2c1CCCN2C(=O)OC(C)(C)C. The molecule has 0 spiro atoms. The van der Waals surface area contributed by atoms with Gasteiger partial charge in [-0.25, -0.2) is 15.0 Å². The number of hydrogen-bond donors (Lipinski definition) is 2. The summed E-state index contributed by atoms with van der Waals surface area (Å²) in [6.45, 7) is 11.1. The van der Waals surface area contributed by atoms with Crippen molar-refractivity contribution >= 4 is 23.8 Å². The molecule has 28 heavy (non-hydrogen) atoms. The van der Waals surface area contributed by atoms with Gasteiger partial charge in [0.15, 0.2) is 0 Å². The van der Waals surface area contributed by atoms with E-state index in [0.717, 1.165) is 5.56 Å². The summed E-state index contributed by atoms with van der Waals surface area (Å²) < 4.78 is 10.6.